The largest absolute Gasteiger partial charge is 0.486 e. The van der Waals surface area contributed by atoms with E-state index < -0.39 is 0 Å². The average molecular weight is 433 g/mol. The normalized spacial score (nSPS) is 22.8. The number of halogens is 1. The summed E-state index contributed by atoms with van der Waals surface area (Å²) in [5.74, 6) is 1.28. The molecule has 6 rings (SSSR count). The van der Waals surface area contributed by atoms with Gasteiger partial charge in [-0.1, -0.05) is 6.07 Å². The van der Waals surface area contributed by atoms with Crippen LogP contribution in [-0.4, -0.2) is 70.2 Å². The van der Waals surface area contributed by atoms with E-state index in [0.29, 0.717) is 26.2 Å². The van der Waals surface area contributed by atoms with Gasteiger partial charge < -0.3 is 19.4 Å². The number of fused-ring (bicyclic) bond motifs is 3. The van der Waals surface area contributed by atoms with Gasteiger partial charge in [0, 0.05) is 36.8 Å². The van der Waals surface area contributed by atoms with Gasteiger partial charge in [0.05, 0.1) is 24.8 Å². The van der Waals surface area contributed by atoms with Crippen molar-refractivity contribution in [2.24, 2.45) is 0 Å². The van der Waals surface area contributed by atoms with Crippen LogP contribution in [0.4, 0.5) is 15.0 Å². The summed E-state index contributed by atoms with van der Waals surface area (Å²) in [6.07, 6.45) is 5.07. The molecule has 0 spiro atoms. The minimum absolute atomic E-state index is 0.00816. The molecular weight excluding hydrogens is 409 g/mol. The van der Waals surface area contributed by atoms with Gasteiger partial charge in [-0.05, 0) is 49.2 Å². The molecule has 2 amide bonds. The van der Waals surface area contributed by atoms with Gasteiger partial charge in [0.25, 0.3) is 0 Å². The van der Waals surface area contributed by atoms with Crippen LogP contribution in [0.25, 0.3) is 10.9 Å². The van der Waals surface area contributed by atoms with Crippen molar-refractivity contribution in [1.82, 2.24) is 19.8 Å². The quantitative estimate of drug-likeness (QED) is 0.634. The maximum atomic E-state index is 13.3. The number of carbonyl (C=O) groups is 1. The number of rotatable bonds is 3. The Morgan fingerprint density at radius 2 is 1.72 bits per heavy atom. The number of piperazine rings is 1. The first-order valence-electron chi connectivity index (χ1n) is 11.1. The molecule has 2 unspecified atom stereocenters. The van der Waals surface area contributed by atoms with Gasteiger partial charge in [0.15, 0.2) is 0 Å². The first-order chi connectivity index (χ1) is 15.7. The highest BCUT2D eigenvalue weighted by Gasteiger charge is 2.44. The Hall–Kier alpha value is -3.42. The van der Waals surface area contributed by atoms with Crippen LogP contribution in [-0.2, 0) is 0 Å². The van der Waals surface area contributed by atoms with Gasteiger partial charge in [-0.15, -0.1) is 0 Å². The Morgan fingerprint density at radius 1 is 0.938 bits per heavy atom. The van der Waals surface area contributed by atoms with E-state index in [2.05, 4.69) is 14.9 Å². The molecule has 2 bridgehead atoms. The van der Waals surface area contributed by atoms with Gasteiger partial charge in [-0.2, -0.15) is 0 Å². The lowest BCUT2D eigenvalue weighted by Crippen LogP contribution is -2.63. The molecule has 3 aromatic rings. The molecule has 3 aliphatic rings. The predicted octanol–water partition coefficient (Wildman–Crippen LogP) is 3.31. The molecule has 3 saturated heterocycles. The molecule has 1 aromatic carbocycles. The monoisotopic (exact) mass is 433 g/mol. The summed E-state index contributed by atoms with van der Waals surface area (Å²) < 4.78 is 19.4. The molecule has 3 fully saturated rings. The number of anilines is 1. The molecule has 8 heteroatoms. The molecule has 32 heavy (non-hydrogen) atoms. The summed E-state index contributed by atoms with van der Waals surface area (Å²) in [6, 6.07) is 13.5. The molecule has 164 valence electrons. The van der Waals surface area contributed by atoms with Crippen molar-refractivity contribution in [2.75, 3.05) is 31.1 Å². The number of hydrogen-bond acceptors (Lipinski definition) is 5. The van der Waals surface area contributed by atoms with Gasteiger partial charge in [-0.25, -0.2) is 14.2 Å². The second-order valence-electron chi connectivity index (χ2n) is 8.79. The summed E-state index contributed by atoms with van der Waals surface area (Å²) in [5.41, 5.74) is 0.904. The van der Waals surface area contributed by atoms with Gasteiger partial charge in [-0.3, -0.25) is 4.98 Å². The van der Waals surface area contributed by atoms with Crippen molar-refractivity contribution >= 4 is 22.8 Å². The summed E-state index contributed by atoms with van der Waals surface area (Å²) in [4.78, 5) is 27.8. The highest BCUT2D eigenvalue weighted by molar-refractivity contribution is 5.84. The number of aromatic nitrogens is 2. The van der Waals surface area contributed by atoms with Crippen molar-refractivity contribution in [2.45, 2.75) is 31.0 Å². The highest BCUT2D eigenvalue weighted by Crippen LogP contribution is 2.35. The molecule has 0 saturated carbocycles. The third kappa shape index (κ3) is 3.30. The third-order valence-corrected chi connectivity index (χ3v) is 6.75. The van der Waals surface area contributed by atoms with Crippen molar-refractivity contribution < 1.29 is 13.9 Å². The summed E-state index contributed by atoms with van der Waals surface area (Å²) in [6.45, 7) is 2.52. The maximum absolute atomic E-state index is 13.3. The van der Waals surface area contributed by atoms with E-state index in [1.165, 1.54) is 12.3 Å². The van der Waals surface area contributed by atoms with Crippen LogP contribution in [0.5, 0.6) is 5.75 Å². The van der Waals surface area contributed by atoms with Crippen molar-refractivity contribution in [3.63, 3.8) is 0 Å². The number of nitrogens with zero attached hydrogens (tertiary/aromatic N) is 5. The Kier molecular flexibility index (Phi) is 4.59. The van der Waals surface area contributed by atoms with E-state index in [0.717, 1.165) is 35.3 Å². The number of hydrogen-bond donors (Lipinski definition) is 0. The second kappa shape index (κ2) is 7.62. The first-order valence-corrected chi connectivity index (χ1v) is 11.1. The zero-order valence-electron chi connectivity index (χ0n) is 17.6. The number of ether oxygens (including phenoxy) is 1. The van der Waals surface area contributed by atoms with Crippen LogP contribution >= 0.6 is 0 Å². The topological polar surface area (TPSA) is 61.8 Å². The summed E-state index contributed by atoms with van der Waals surface area (Å²) in [5, 5.41) is 0.988. The van der Waals surface area contributed by atoms with Crippen molar-refractivity contribution in [3.05, 3.63) is 60.7 Å². The number of likely N-dealkylation sites (tertiary alicyclic amines) is 2. The third-order valence-electron chi connectivity index (χ3n) is 6.75. The fourth-order valence-electron chi connectivity index (χ4n) is 5.18. The Balaban J connectivity index is 1.08. The maximum Gasteiger partial charge on any atom is 0.320 e. The molecule has 5 heterocycles. The van der Waals surface area contributed by atoms with E-state index in [1.807, 2.05) is 40.1 Å². The molecule has 0 radical (unpaired) electrons. The zero-order chi connectivity index (χ0) is 21.7. The Labute approximate surface area is 185 Å². The van der Waals surface area contributed by atoms with Gasteiger partial charge in [0.1, 0.15) is 23.5 Å². The SMILES string of the molecule is O=C(N1CC(Oc2cccc3ncccc23)C1)N1CC2CCC(C1)N2c1ccc(F)cn1. The van der Waals surface area contributed by atoms with E-state index in [1.54, 1.807) is 12.3 Å². The summed E-state index contributed by atoms with van der Waals surface area (Å²) >= 11 is 0. The molecule has 7 nitrogen and oxygen atoms in total. The average Bonchev–Trinajstić information content (AvgIpc) is 3.05. The lowest BCUT2D eigenvalue weighted by molar-refractivity contribution is 0.0293. The minimum Gasteiger partial charge on any atom is -0.486 e. The van der Waals surface area contributed by atoms with Gasteiger partial charge >= 0.3 is 6.03 Å². The zero-order valence-corrected chi connectivity index (χ0v) is 17.6. The van der Waals surface area contributed by atoms with E-state index in [4.69, 9.17) is 4.74 Å². The molecule has 2 aromatic heterocycles. The molecule has 2 atom stereocenters. The standard InChI is InChI=1S/C24H24FN5O2/c25-16-6-9-23(27-11-16)30-17-7-8-18(30)13-28(12-17)24(31)29-14-19(15-29)32-22-5-1-4-21-20(22)3-2-10-26-21/h1-6,9-11,17-19H,7-8,12-15H2. The lowest BCUT2D eigenvalue weighted by Gasteiger charge is -2.46. The Bertz CT molecular complexity index is 1130. The van der Waals surface area contributed by atoms with Crippen molar-refractivity contribution in [1.29, 1.82) is 0 Å². The molecule has 0 aliphatic carbocycles. The fraction of sp³-hybridized carbons (Fsp3) is 0.375. The number of pyridine rings is 2. The number of amides is 2. The minimum atomic E-state index is -0.329. The summed E-state index contributed by atoms with van der Waals surface area (Å²) in [7, 11) is 0. The predicted molar refractivity (Wildman–Crippen MR) is 118 cm³/mol. The van der Waals surface area contributed by atoms with Crippen LogP contribution in [0.15, 0.2) is 54.9 Å². The van der Waals surface area contributed by atoms with E-state index >= 15 is 0 Å². The van der Waals surface area contributed by atoms with Crippen molar-refractivity contribution in [3.8, 4) is 5.75 Å². The number of benzene rings is 1. The first kappa shape index (κ1) is 19.3. The Morgan fingerprint density at radius 3 is 2.47 bits per heavy atom. The molecule has 0 N–H and O–H groups in total. The van der Waals surface area contributed by atoms with Crippen LogP contribution in [0, 0.1) is 5.82 Å². The van der Waals surface area contributed by atoms with Crippen LogP contribution in [0.2, 0.25) is 0 Å². The smallest absolute Gasteiger partial charge is 0.320 e. The van der Waals surface area contributed by atoms with E-state index in [9.17, 15) is 9.18 Å². The van der Waals surface area contributed by atoms with Crippen LogP contribution in [0.3, 0.4) is 0 Å². The van der Waals surface area contributed by atoms with E-state index in [-0.39, 0.29) is 30.0 Å². The molecule has 3 aliphatic heterocycles. The number of urea groups is 1. The second-order valence-corrected chi connectivity index (χ2v) is 8.79. The highest BCUT2D eigenvalue weighted by atomic mass is 19.1. The lowest BCUT2D eigenvalue weighted by atomic mass is 10.1. The molecular formula is C24H24FN5O2. The fourth-order valence-corrected chi connectivity index (χ4v) is 5.18. The van der Waals surface area contributed by atoms with Crippen LogP contribution in [0.1, 0.15) is 12.8 Å². The number of carbonyl (C=O) groups excluding carboxylic acids is 1. The van der Waals surface area contributed by atoms with Gasteiger partial charge in [0.2, 0.25) is 0 Å². The van der Waals surface area contributed by atoms with Crippen LogP contribution < -0.4 is 9.64 Å².